The number of aromatic nitrogens is 2. The maximum atomic E-state index is 12.9. The second-order valence-electron chi connectivity index (χ2n) is 4.24. The topological polar surface area (TPSA) is 54.9 Å². The van der Waals surface area contributed by atoms with Gasteiger partial charge >= 0.3 is 0 Å². The van der Waals surface area contributed by atoms with Crippen molar-refractivity contribution in [3.8, 4) is 10.6 Å². The van der Waals surface area contributed by atoms with Gasteiger partial charge in [-0.3, -0.25) is 10.1 Å². The average molecular weight is 331 g/mol. The molecule has 0 radical (unpaired) electrons. The van der Waals surface area contributed by atoms with Crippen molar-refractivity contribution >= 4 is 39.8 Å². The number of amides is 1. The number of thiazole rings is 2. The molecule has 22 heavy (non-hydrogen) atoms. The van der Waals surface area contributed by atoms with Crippen LogP contribution in [0.3, 0.4) is 0 Å². The molecule has 110 valence electrons. The number of carbonyl (C=O) groups is 1. The van der Waals surface area contributed by atoms with Crippen LogP contribution in [0.15, 0.2) is 47.3 Å². The summed E-state index contributed by atoms with van der Waals surface area (Å²) in [6.07, 6.45) is 4.66. The number of rotatable bonds is 4. The lowest BCUT2D eigenvalue weighted by atomic mass is 10.2. The van der Waals surface area contributed by atoms with Crippen LogP contribution in [-0.4, -0.2) is 15.9 Å². The minimum atomic E-state index is -0.278. The molecule has 3 rings (SSSR count). The predicted octanol–water partition coefficient (Wildman–Crippen LogP) is 4.06. The van der Waals surface area contributed by atoms with E-state index >= 15 is 0 Å². The average Bonchev–Trinajstić information content (AvgIpc) is 3.17. The minimum Gasteiger partial charge on any atom is -0.298 e. The van der Waals surface area contributed by atoms with Crippen molar-refractivity contribution in [3.05, 3.63) is 58.8 Å². The van der Waals surface area contributed by atoms with Gasteiger partial charge in [0.25, 0.3) is 0 Å². The van der Waals surface area contributed by atoms with Crippen LogP contribution in [0.25, 0.3) is 16.6 Å². The quantitative estimate of drug-likeness (QED) is 0.734. The SMILES string of the molecule is O=C(C=Cc1csc(-c2ccc(F)cc2)n1)Nc1nccs1. The van der Waals surface area contributed by atoms with Crippen LogP contribution in [0.2, 0.25) is 0 Å². The van der Waals surface area contributed by atoms with Gasteiger partial charge < -0.3 is 0 Å². The number of hydrogen-bond acceptors (Lipinski definition) is 5. The maximum absolute atomic E-state index is 12.9. The van der Waals surface area contributed by atoms with Crippen molar-refractivity contribution in [1.29, 1.82) is 0 Å². The van der Waals surface area contributed by atoms with Crippen molar-refractivity contribution in [2.45, 2.75) is 0 Å². The Morgan fingerprint density at radius 2 is 2.05 bits per heavy atom. The fraction of sp³-hybridized carbons (Fsp3) is 0. The van der Waals surface area contributed by atoms with Gasteiger partial charge in [0.2, 0.25) is 5.91 Å². The van der Waals surface area contributed by atoms with Gasteiger partial charge in [0.05, 0.1) is 5.69 Å². The highest BCUT2D eigenvalue weighted by molar-refractivity contribution is 7.13. The van der Waals surface area contributed by atoms with Gasteiger partial charge in [0.1, 0.15) is 10.8 Å². The molecule has 3 aromatic rings. The fourth-order valence-electron chi connectivity index (χ4n) is 1.68. The first-order valence-corrected chi connectivity index (χ1v) is 8.07. The van der Waals surface area contributed by atoms with E-state index in [1.807, 2.05) is 5.38 Å². The summed E-state index contributed by atoms with van der Waals surface area (Å²) < 4.78 is 12.9. The third-order valence-electron chi connectivity index (χ3n) is 2.68. The standard InChI is InChI=1S/C15H10FN3OS2/c16-11-3-1-10(2-4-11)14-18-12(9-22-14)5-6-13(20)19-15-17-7-8-21-15/h1-9H,(H,17,19,20). The molecule has 0 fully saturated rings. The number of halogens is 1. The van der Waals surface area contributed by atoms with Crippen molar-refractivity contribution < 1.29 is 9.18 Å². The minimum absolute atomic E-state index is 0.258. The third kappa shape index (κ3) is 3.63. The Morgan fingerprint density at radius 3 is 2.77 bits per heavy atom. The predicted molar refractivity (Wildman–Crippen MR) is 87.3 cm³/mol. The maximum Gasteiger partial charge on any atom is 0.250 e. The molecule has 0 aliphatic heterocycles. The Bertz CT molecular complexity index is 795. The lowest BCUT2D eigenvalue weighted by Crippen LogP contribution is -2.07. The molecule has 0 aliphatic carbocycles. The van der Waals surface area contributed by atoms with Crippen LogP contribution in [0.1, 0.15) is 5.69 Å². The molecule has 1 amide bonds. The number of carbonyl (C=O) groups excluding carboxylic acids is 1. The highest BCUT2D eigenvalue weighted by atomic mass is 32.1. The third-order valence-corrected chi connectivity index (χ3v) is 4.28. The van der Waals surface area contributed by atoms with E-state index in [1.165, 1.54) is 40.9 Å². The molecule has 2 aromatic heterocycles. The van der Waals surface area contributed by atoms with E-state index in [4.69, 9.17) is 0 Å². The summed E-state index contributed by atoms with van der Waals surface area (Å²) in [4.78, 5) is 20.1. The van der Waals surface area contributed by atoms with E-state index < -0.39 is 0 Å². The van der Waals surface area contributed by atoms with Crippen LogP contribution in [0, 0.1) is 5.82 Å². The first-order valence-electron chi connectivity index (χ1n) is 6.31. The summed E-state index contributed by atoms with van der Waals surface area (Å²) >= 11 is 2.79. The van der Waals surface area contributed by atoms with Crippen LogP contribution in [-0.2, 0) is 4.79 Å². The molecular formula is C15H10FN3OS2. The highest BCUT2D eigenvalue weighted by Crippen LogP contribution is 2.24. The van der Waals surface area contributed by atoms with E-state index in [-0.39, 0.29) is 11.7 Å². The molecule has 7 heteroatoms. The molecule has 0 spiro atoms. The first-order chi connectivity index (χ1) is 10.7. The number of anilines is 1. The van der Waals surface area contributed by atoms with Crippen LogP contribution in [0.4, 0.5) is 9.52 Å². The molecule has 0 unspecified atom stereocenters. The molecule has 0 atom stereocenters. The molecule has 1 aromatic carbocycles. The zero-order valence-corrected chi connectivity index (χ0v) is 12.8. The van der Waals surface area contributed by atoms with E-state index in [1.54, 1.807) is 29.8 Å². The molecule has 0 saturated carbocycles. The lowest BCUT2D eigenvalue weighted by molar-refractivity contribution is -0.111. The summed E-state index contributed by atoms with van der Waals surface area (Å²) in [6, 6.07) is 6.15. The number of nitrogens with one attached hydrogen (secondary N) is 1. The molecule has 0 saturated heterocycles. The van der Waals surface area contributed by atoms with Gasteiger partial charge in [-0.05, 0) is 30.3 Å². The van der Waals surface area contributed by atoms with Crippen molar-refractivity contribution in [2.24, 2.45) is 0 Å². The summed E-state index contributed by atoms with van der Waals surface area (Å²) in [5.74, 6) is -0.537. The monoisotopic (exact) mass is 331 g/mol. The molecule has 0 aliphatic rings. The number of nitrogens with zero attached hydrogens (tertiary/aromatic N) is 2. The largest absolute Gasteiger partial charge is 0.298 e. The van der Waals surface area contributed by atoms with Gasteiger partial charge in [-0.15, -0.1) is 22.7 Å². The lowest BCUT2D eigenvalue weighted by Gasteiger charge is -1.95. The summed E-state index contributed by atoms with van der Waals surface area (Å²) in [5.41, 5.74) is 1.52. The van der Waals surface area contributed by atoms with E-state index in [2.05, 4.69) is 15.3 Å². The Kier molecular flexibility index (Phi) is 4.36. The summed E-state index contributed by atoms with van der Waals surface area (Å²) in [5, 5.41) is 7.61. The van der Waals surface area contributed by atoms with Gasteiger partial charge in [-0.25, -0.2) is 14.4 Å². The Labute approximate surface area is 134 Å². The molecule has 0 bridgehead atoms. The van der Waals surface area contributed by atoms with Gasteiger partial charge in [0, 0.05) is 28.6 Å². The van der Waals surface area contributed by atoms with Gasteiger partial charge in [-0.1, -0.05) is 0 Å². The second-order valence-corrected chi connectivity index (χ2v) is 6.00. The Balaban J connectivity index is 1.67. The van der Waals surface area contributed by atoms with Crippen LogP contribution >= 0.6 is 22.7 Å². The molecule has 4 nitrogen and oxygen atoms in total. The zero-order valence-electron chi connectivity index (χ0n) is 11.2. The normalized spacial score (nSPS) is 11.0. The van der Waals surface area contributed by atoms with Crippen molar-refractivity contribution in [1.82, 2.24) is 9.97 Å². The number of benzene rings is 1. The Hall–Kier alpha value is -2.38. The zero-order chi connectivity index (χ0) is 15.4. The number of hydrogen-bond donors (Lipinski definition) is 1. The second kappa shape index (κ2) is 6.59. The van der Waals surface area contributed by atoms with Gasteiger partial charge in [-0.2, -0.15) is 0 Å². The van der Waals surface area contributed by atoms with Crippen molar-refractivity contribution in [3.63, 3.8) is 0 Å². The van der Waals surface area contributed by atoms with Gasteiger partial charge in [0.15, 0.2) is 5.13 Å². The Morgan fingerprint density at radius 1 is 1.23 bits per heavy atom. The van der Waals surface area contributed by atoms with E-state index in [0.29, 0.717) is 10.8 Å². The fourth-order valence-corrected chi connectivity index (χ4v) is 3.01. The summed E-state index contributed by atoms with van der Waals surface area (Å²) in [7, 11) is 0. The van der Waals surface area contributed by atoms with Crippen molar-refractivity contribution in [2.75, 3.05) is 5.32 Å². The first kappa shape index (κ1) is 14.6. The van der Waals surface area contributed by atoms with Crippen LogP contribution < -0.4 is 5.32 Å². The molecule has 1 N–H and O–H groups in total. The molecule has 2 heterocycles. The summed E-state index contributed by atoms with van der Waals surface area (Å²) in [6.45, 7) is 0. The van der Waals surface area contributed by atoms with E-state index in [9.17, 15) is 9.18 Å². The highest BCUT2D eigenvalue weighted by Gasteiger charge is 2.04. The molecular weight excluding hydrogens is 321 g/mol. The smallest absolute Gasteiger partial charge is 0.250 e. The van der Waals surface area contributed by atoms with E-state index in [0.717, 1.165) is 10.6 Å². The van der Waals surface area contributed by atoms with Crippen LogP contribution in [0.5, 0.6) is 0 Å².